The van der Waals surface area contributed by atoms with Gasteiger partial charge in [0.2, 0.25) is 0 Å². The van der Waals surface area contributed by atoms with Crippen molar-refractivity contribution in [2.24, 2.45) is 5.16 Å². The molecule has 0 bridgehead atoms. The maximum atomic E-state index is 6.09. The molecule has 5 nitrogen and oxygen atoms in total. The third-order valence-corrected chi connectivity index (χ3v) is 4.61. The predicted molar refractivity (Wildman–Crippen MR) is 123 cm³/mol. The monoisotopic (exact) mass is 465 g/mol. The van der Waals surface area contributed by atoms with Crippen LogP contribution in [0.25, 0.3) is 10.9 Å². The van der Waals surface area contributed by atoms with Gasteiger partial charge in [-0.3, -0.25) is 4.98 Å². The maximum absolute atomic E-state index is 6.09. The Kier molecular flexibility index (Phi) is 7.04. The Hall–Kier alpha value is -1.73. The first-order chi connectivity index (χ1) is 12.9. The molecule has 0 saturated carbocycles. The molecule has 1 heterocycles. The van der Waals surface area contributed by atoms with Crippen LogP contribution in [0.1, 0.15) is 47.1 Å². The van der Waals surface area contributed by atoms with Crippen LogP contribution in [-0.2, 0) is 4.84 Å². The molecule has 1 N–H and O–H groups in total. The number of benzene rings is 1. The van der Waals surface area contributed by atoms with Crippen molar-refractivity contribution in [2.75, 3.05) is 0 Å². The summed E-state index contributed by atoms with van der Waals surface area (Å²) in [7, 11) is 0. The van der Waals surface area contributed by atoms with E-state index in [4.69, 9.17) is 21.8 Å². The van der Waals surface area contributed by atoms with E-state index in [1.807, 2.05) is 66.7 Å². The van der Waals surface area contributed by atoms with E-state index < -0.39 is 5.54 Å². The summed E-state index contributed by atoms with van der Waals surface area (Å²) in [5, 5.41) is 8.36. The number of oxime groups is 1. The highest BCUT2D eigenvalue weighted by atomic mass is 79.9. The molecule has 0 aliphatic heterocycles. The third kappa shape index (κ3) is 6.71. The molecule has 0 aliphatic rings. The van der Waals surface area contributed by atoms with Crippen molar-refractivity contribution >= 4 is 50.3 Å². The second-order valence-corrected chi connectivity index (χ2v) is 9.73. The molecule has 1 unspecified atom stereocenters. The van der Waals surface area contributed by atoms with Crippen LogP contribution in [0.3, 0.4) is 0 Å². The highest BCUT2D eigenvalue weighted by Crippen LogP contribution is 2.26. The van der Waals surface area contributed by atoms with Crippen LogP contribution in [0.2, 0.25) is 0 Å². The Morgan fingerprint density at radius 1 is 1.25 bits per heavy atom. The van der Waals surface area contributed by atoms with E-state index in [2.05, 4.69) is 31.4 Å². The summed E-state index contributed by atoms with van der Waals surface area (Å²) in [6.07, 6.45) is 3.20. The Labute approximate surface area is 181 Å². The van der Waals surface area contributed by atoms with Gasteiger partial charge >= 0.3 is 0 Å². The minimum absolute atomic E-state index is 0.303. The van der Waals surface area contributed by atoms with Crippen molar-refractivity contribution < 1.29 is 9.57 Å². The molecule has 0 spiro atoms. The molecule has 7 heteroatoms. The summed E-state index contributed by atoms with van der Waals surface area (Å²) in [4.78, 5) is 10.5. The normalized spacial score (nSPS) is 13.6. The quantitative estimate of drug-likeness (QED) is 0.343. The molecule has 28 heavy (non-hydrogen) atoms. The molecular formula is C21H28BrN3O2S. The van der Waals surface area contributed by atoms with Crippen molar-refractivity contribution in [3.63, 3.8) is 0 Å². The summed E-state index contributed by atoms with van der Waals surface area (Å²) in [5.74, 6) is 0.754. The van der Waals surface area contributed by atoms with Gasteiger partial charge in [-0.05, 0) is 88.2 Å². The fourth-order valence-corrected chi connectivity index (χ4v) is 3.12. The number of ether oxygens (including phenoxy) is 1. The predicted octanol–water partition coefficient (Wildman–Crippen LogP) is 5.57. The number of nitrogens with zero attached hydrogens (tertiary/aromatic N) is 2. The van der Waals surface area contributed by atoms with Crippen molar-refractivity contribution in [1.29, 1.82) is 0 Å². The molecule has 152 valence electrons. The van der Waals surface area contributed by atoms with E-state index in [9.17, 15) is 0 Å². The number of rotatable bonds is 6. The van der Waals surface area contributed by atoms with E-state index in [-0.39, 0.29) is 11.7 Å². The first kappa shape index (κ1) is 22.6. The van der Waals surface area contributed by atoms with Gasteiger partial charge in [0.25, 0.3) is 0 Å². The number of halogens is 1. The molecule has 2 aromatic rings. The molecule has 0 aliphatic carbocycles. The third-order valence-electron chi connectivity index (χ3n) is 3.74. The highest BCUT2D eigenvalue weighted by molar-refractivity contribution is 9.10. The van der Waals surface area contributed by atoms with Crippen LogP contribution < -0.4 is 10.1 Å². The van der Waals surface area contributed by atoms with Gasteiger partial charge in [0.1, 0.15) is 22.4 Å². The van der Waals surface area contributed by atoms with E-state index in [1.165, 1.54) is 0 Å². The van der Waals surface area contributed by atoms with Gasteiger partial charge < -0.3 is 14.9 Å². The van der Waals surface area contributed by atoms with E-state index in [0.29, 0.717) is 4.99 Å². The van der Waals surface area contributed by atoms with Gasteiger partial charge in [-0.2, -0.15) is 0 Å². The number of hydrogen-bond acceptors (Lipinski definition) is 5. The van der Waals surface area contributed by atoms with Crippen LogP contribution in [0.4, 0.5) is 0 Å². The Morgan fingerprint density at radius 3 is 2.57 bits per heavy atom. The molecule has 1 aromatic carbocycles. The summed E-state index contributed by atoms with van der Waals surface area (Å²) in [6.45, 7) is 13.7. The van der Waals surface area contributed by atoms with Crippen LogP contribution in [-0.4, -0.2) is 33.4 Å². The zero-order valence-electron chi connectivity index (χ0n) is 17.5. The first-order valence-electron chi connectivity index (χ1n) is 9.14. The largest absolute Gasteiger partial charge is 0.484 e. The minimum Gasteiger partial charge on any atom is -0.484 e. The van der Waals surface area contributed by atoms with Gasteiger partial charge in [-0.15, -0.1) is 0 Å². The fraction of sp³-hybridized carbons (Fsp3) is 0.476. The molecule has 0 amide bonds. The van der Waals surface area contributed by atoms with Crippen molar-refractivity contribution in [3.05, 3.63) is 34.4 Å². The number of aromatic nitrogens is 1. The first-order valence-corrected chi connectivity index (χ1v) is 10.3. The van der Waals surface area contributed by atoms with E-state index in [0.717, 1.165) is 26.7 Å². The molecule has 1 aromatic heterocycles. The molecule has 0 fully saturated rings. The lowest BCUT2D eigenvalue weighted by Gasteiger charge is -2.27. The lowest BCUT2D eigenvalue weighted by molar-refractivity contribution is 0.00104. The molecule has 2 rings (SSSR count). The summed E-state index contributed by atoms with van der Waals surface area (Å²) >= 11 is 9.00. The standard InChI is InChI=1S/C21H28BrN3O2S/c1-13-8-17(10-15-9-16(22)11-23-18(13)15)26-14(2)19(28)25-21(6,7)12-24-27-20(3,4)5/h8-12,14H,1-7H3,(H,25,28). The number of aryl methyl sites for hydroxylation is 1. The zero-order valence-corrected chi connectivity index (χ0v) is 19.9. The van der Waals surface area contributed by atoms with Crippen molar-refractivity contribution in [3.8, 4) is 5.75 Å². The smallest absolute Gasteiger partial charge is 0.146 e. The van der Waals surface area contributed by atoms with Crippen molar-refractivity contribution in [2.45, 2.75) is 65.7 Å². The van der Waals surface area contributed by atoms with Crippen LogP contribution >= 0.6 is 28.1 Å². The Morgan fingerprint density at radius 2 is 1.93 bits per heavy atom. The molecule has 1 atom stereocenters. The lowest BCUT2D eigenvalue weighted by Crippen LogP contribution is -2.48. The number of pyridine rings is 1. The number of thiocarbonyl (C=S) groups is 1. The molecular weight excluding hydrogens is 438 g/mol. The zero-order chi connectivity index (χ0) is 21.1. The topological polar surface area (TPSA) is 55.7 Å². The van der Waals surface area contributed by atoms with Crippen LogP contribution in [0.15, 0.2) is 34.0 Å². The lowest BCUT2D eigenvalue weighted by atomic mass is 10.1. The maximum Gasteiger partial charge on any atom is 0.146 e. The Balaban J connectivity index is 2.06. The fourth-order valence-electron chi connectivity index (χ4n) is 2.46. The van der Waals surface area contributed by atoms with Gasteiger partial charge in [0, 0.05) is 16.1 Å². The van der Waals surface area contributed by atoms with Gasteiger partial charge in [0.05, 0.1) is 17.3 Å². The average molecular weight is 466 g/mol. The SMILES string of the molecule is Cc1cc(OC(C)C(=S)NC(C)(C)C=NOC(C)(C)C)cc2cc(Br)cnc12. The molecule has 0 saturated heterocycles. The minimum atomic E-state index is -0.464. The summed E-state index contributed by atoms with van der Waals surface area (Å²) < 4.78 is 7.02. The molecule has 0 radical (unpaired) electrons. The summed E-state index contributed by atoms with van der Waals surface area (Å²) in [6, 6.07) is 5.98. The summed E-state index contributed by atoms with van der Waals surface area (Å²) in [5.41, 5.74) is 1.22. The van der Waals surface area contributed by atoms with Gasteiger partial charge in [0.15, 0.2) is 0 Å². The number of nitrogens with one attached hydrogen (secondary N) is 1. The van der Waals surface area contributed by atoms with Crippen molar-refractivity contribution in [1.82, 2.24) is 10.3 Å². The number of fused-ring (bicyclic) bond motifs is 1. The average Bonchev–Trinajstić information content (AvgIpc) is 2.52. The number of hydrogen-bond donors (Lipinski definition) is 1. The van der Waals surface area contributed by atoms with Gasteiger partial charge in [-0.25, -0.2) is 0 Å². The Bertz CT molecular complexity index is 891. The van der Waals surface area contributed by atoms with Crippen LogP contribution in [0, 0.1) is 6.92 Å². The highest BCUT2D eigenvalue weighted by Gasteiger charge is 2.21. The van der Waals surface area contributed by atoms with Crippen LogP contribution in [0.5, 0.6) is 5.75 Å². The van der Waals surface area contributed by atoms with E-state index >= 15 is 0 Å². The van der Waals surface area contributed by atoms with Gasteiger partial charge in [-0.1, -0.05) is 17.4 Å². The van der Waals surface area contributed by atoms with E-state index in [1.54, 1.807) is 12.4 Å². The second-order valence-electron chi connectivity index (χ2n) is 8.37. The second kappa shape index (κ2) is 8.74.